The Bertz CT molecular complexity index is 1450. The molecular weight excluding hydrogens is 752 g/mol. The molecule has 0 aromatic heterocycles. The number of allylic oxidation sites excluding steroid dienone is 1. The summed E-state index contributed by atoms with van der Waals surface area (Å²) < 4.78 is 42.4. The Balaban J connectivity index is 0.967. The van der Waals surface area contributed by atoms with Crippen molar-refractivity contribution in [1.29, 1.82) is 0 Å². The van der Waals surface area contributed by atoms with Crippen molar-refractivity contribution < 1.29 is 84.2 Å². The number of aliphatic hydroxyl groups excluding tert-OH is 7. The molecule has 7 aliphatic rings. The van der Waals surface area contributed by atoms with Crippen LogP contribution in [0.4, 0.5) is 0 Å². The maximum absolute atomic E-state index is 12.5. The first-order valence-corrected chi connectivity index (χ1v) is 20.7. The Morgan fingerprint density at radius 3 is 2.11 bits per heavy atom. The molecule has 0 aromatic rings. The molecule has 0 spiro atoms. The lowest BCUT2D eigenvalue weighted by Crippen LogP contribution is -2.78. The van der Waals surface area contributed by atoms with Gasteiger partial charge in [0.15, 0.2) is 18.9 Å². The molecule has 0 bridgehead atoms. The molecule has 0 aromatic carbocycles. The minimum atomic E-state index is -1.81. The predicted octanol–water partition coefficient (Wildman–Crippen LogP) is -1.14. The van der Waals surface area contributed by atoms with Gasteiger partial charge < -0.3 is 84.2 Å². The molecule has 0 amide bonds. The SMILES string of the molecule is CO[C@@H]1C[C@H](O[C@@H]2C=C3CC[C@]4(O)[C@H](C[C@@H](O)[C@@]5(C)[C@]4(O)CC[C@@]5(O)[C@H](C)O)[C@@]3(C)CC2)O[C@H](C)[C@H]1O[C@H]1C[C@H](O)[C@H](O[C@H]2O[C@H](CO)[C@@H](O)[C@H](O)[C@H]2O)[C@@H](C)O1. The largest absolute Gasteiger partial charge is 0.394 e. The first kappa shape index (κ1) is 44.1. The van der Waals surface area contributed by atoms with E-state index in [-0.39, 0.29) is 38.2 Å². The van der Waals surface area contributed by atoms with Crippen molar-refractivity contribution >= 4 is 0 Å². The normalized spacial score (nSPS) is 56.0. The van der Waals surface area contributed by atoms with E-state index >= 15 is 0 Å². The van der Waals surface area contributed by atoms with Crippen LogP contribution in [0.2, 0.25) is 0 Å². The summed E-state index contributed by atoms with van der Waals surface area (Å²) in [6, 6.07) is 0. The zero-order chi connectivity index (χ0) is 41.6. The van der Waals surface area contributed by atoms with E-state index in [1.54, 1.807) is 21.0 Å². The van der Waals surface area contributed by atoms with Gasteiger partial charge in [-0.3, -0.25) is 0 Å². The van der Waals surface area contributed by atoms with Crippen molar-refractivity contribution in [2.75, 3.05) is 13.7 Å². The van der Waals surface area contributed by atoms with Gasteiger partial charge in [0.1, 0.15) is 47.8 Å². The summed E-state index contributed by atoms with van der Waals surface area (Å²) in [6.07, 6.45) is -11.4. The van der Waals surface area contributed by atoms with Crippen LogP contribution in [0, 0.1) is 16.7 Å². The highest BCUT2D eigenvalue weighted by atomic mass is 16.7. The molecule has 4 aliphatic carbocycles. The van der Waals surface area contributed by atoms with Crippen LogP contribution < -0.4 is 0 Å². The number of aliphatic hydroxyl groups is 10. The predicted molar refractivity (Wildman–Crippen MR) is 196 cm³/mol. The zero-order valence-corrected chi connectivity index (χ0v) is 33.8. The molecule has 3 saturated carbocycles. The molecule has 0 unspecified atom stereocenters. The van der Waals surface area contributed by atoms with E-state index in [9.17, 15) is 51.1 Å². The van der Waals surface area contributed by atoms with Crippen LogP contribution in [0.3, 0.4) is 0 Å². The van der Waals surface area contributed by atoms with Crippen LogP contribution in [0.25, 0.3) is 0 Å². The quantitative estimate of drug-likeness (QED) is 0.123. The van der Waals surface area contributed by atoms with E-state index in [0.29, 0.717) is 25.7 Å². The van der Waals surface area contributed by atoms with E-state index in [1.807, 2.05) is 6.92 Å². The molecule has 7 rings (SSSR count). The Kier molecular flexibility index (Phi) is 12.2. The van der Waals surface area contributed by atoms with Crippen LogP contribution in [-0.2, 0) is 33.2 Å². The number of methoxy groups -OCH3 is 1. The van der Waals surface area contributed by atoms with Crippen molar-refractivity contribution in [1.82, 2.24) is 0 Å². The van der Waals surface area contributed by atoms with E-state index in [4.69, 9.17) is 33.2 Å². The van der Waals surface area contributed by atoms with Gasteiger partial charge in [-0.1, -0.05) is 25.5 Å². The second-order valence-corrected chi connectivity index (χ2v) is 18.5. The summed E-state index contributed by atoms with van der Waals surface area (Å²) in [7, 11) is 1.57. The van der Waals surface area contributed by atoms with Gasteiger partial charge in [0.2, 0.25) is 0 Å². The van der Waals surface area contributed by atoms with Crippen molar-refractivity contribution in [3.05, 3.63) is 11.6 Å². The fourth-order valence-electron chi connectivity index (χ4n) is 12.1. The molecule has 3 aliphatic heterocycles. The van der Waals surface area contributed by atoms with Crippen LogP contribution in [0.1, 0.15) is 92.4 Å². The summed E-state index contributed by atoms with van der Waals surface area (Å²) in [6.45, 7) is 8.03. The third-order valence-corrected chi connectivity index (χ3v) is 15.7. The molecule has 22 atom stereocenters. The van der Waals surface area contributed by atoms with E-state index in [1.165, 1.54) is 6.92 Å². The van der Waals surface area contributed by atoms with Gasteiger partial charge in [0.05, 0.1) is 60.4 Å². The second-order valence-electron chi connectivity index (χ2n) is 18.5. The van der Waals surface area contributed by atoms with Crippen LogP contribution in [0.5, 0.6) is 0 Å². The smallest absolute Gasteiger partial charge is 0.187 e. The van der Waals surface area contributed by atoms with Crippen molar-refractivity contribution in [2.45, 2.75) is 207 Å². The highest BCUT2D eigenvalue weighted by Crippen LogP contribution is 2.71. The maximum Gasteiger partial charge on any atom is 0.187 e. The molecule has 17 heteroatoms. The molecule has 57 heavy (non-hydrogen) atoms. The number of fused-ring (bicyclic) bond motifs is 5. The fourth-order valence-corrected chi connectivity index (χ4v) is 12.1. The number of ether oxygens (including phenoxy) is 7. The monoisotopic (exact) mass is 818 g/mol. The maximum atomic E-state index is 12.5. The van der Waals surface area contributed by atoms with E-state index < -0.39 is 132 Å². The third-order valence-electron chi connectivity index (χ3n) is 15.7. The minimum absolute atomic E-state index is 0.00829. The molecular formula is C40H66O17. The molecule has 3 saturated heterocycles. The van der Waals surface area contributed by atoms with Gasteiger partial charge in [-0.2, -0.15) is 0 Å². The molecule has 17 nitrogen and oxygen atoms in total. The Labute approximate surface area is 333 Å². The Morgan fingerprint density at radius 1 is 0.807 bits per heavy atom. The lowest BCUT2D eigenvalue weighted by molar-refractivity contribution is -0.352. The molecule has 328 valence electrons. The highest BCUT2D eigenvalue weighted by molar-refractivity contribution is 5.35. The lowest BCUT2D eigenvalue weighted by atomic mass is 9.41. The highest BCUT2D eigenvalue weighted by Gasteiger charge is 2.80. The van der Waals surface area contributed by atoms with Crippen LogP contribution in [0.15, 0.2) is 11.6 Å². The average Bonchev–Trinajstić information content (AvgIpc) is 3.39. The van der Waals surface area contributed by atoms with E-state index in [2.05, 4.69) is 13.0 Å². The van der Waals surface area contributed by atoms with Crippen LogP contribution >= 0.6 is 0 Å². The van der Waals surface area contributed by atoms with Gasteiger partial charge >= 0.3 is 0 Å². The van der Waals surface area contributed by atoms with E-state index in [0.717, 1.165) is 5.57 Å². The van der Waals surface area contributed by atoms with Gasteiger partial charge in [-0.05, 0) is 71.1 Å². The molecule has 3 heterocycles. The first-order valence-electron chi connectivity index (χ1n) is 20.7. The Morgan fingerprint density at radius 2 is 1.47 bits per heavy atom. The topological polar surface area (TPSA) is 267 Å². The first-order chi connectivity index (χ1) is 26.7. The average molecular weight is 819 g/mol. The number of rotatable bonds is 9. The van der Waals surface area contributed by atoms with Gasteiger partial charge in [-0.25, -0.2) is 0 Å². The summed E-state index contributed by atoms with van der Waals surface area (Å²) in [4.78, 5) is 0. The van der Waals surface area contributed by atoms with Gasteiger partial charge in [0, 0.05) is 25.9 Å². The Hall–Kier alpha value is -0.940. The number of hydrogen-bond acceptors (Lipinski definition) is 17. The summed E-state index contributed by atoms with van der Waals surface area (Å²) in [5.74, 6) is -0.491. The standard InChI is InChI=1S/C40H66O17/c1-18-33(57-35-32(47)31(46)30(45)25(17-41)55-35)23(43)14-28(52-18)56-34-19(2)53-29(15-24(34)51-6)54-22-8-9-36(4)21(13-22)7-10-39(49)26(36)16-27(44)37(5)38(48,20(3)42)11-12-40(37,39)50/h13,18-20,22-35,41-50H,7-12,14-17H2,1-6H3/t18-,19-,20+,22+,23+,24-,25-,26-,27-,28+,29+,30-,31+,32-,33-,34-,35-,36+,37-,38-,39+,40-/m1/s1. The van der Waals surface area contributed by atoms with Crippen molar-refractivity contribution in [3.8, 4) is 0 Å². The fraction of sp³-hybridized carbons (Fsp3) is 0.950. The zero-order valence-electron chi connectivity index (χ0n) is 33.8. The van der Waals surface area contributed by atoms with Gasteiger partial charge in [-0.15, -0.1) is 0 Å². The molecule has 6 fully saturated rings. The van der Waals surface area contributed by atoms with Crippen molar-refractivity contribution in [3.63, 3.8) is 0 Å². The lowest BCUT2D eigenvalue weighted by Gasteiger charge is -2.67. The second kappa shape index (κ2) is 15.8. The molecule has 0 radical (unpaired) electrons. The molecule has 10 N–H and O–H groups in total. The number of hydrogen-bond donors (Lipinski definition) is 10. The van der Waals surface area contributed by atoms with Crippen molar-refractivity contribution in [2.24, 2.45) is 16.7 Å². The van der Waals surface area contributed by atoms with Gasteiger partial charge in [0.25, 0.3) is 0 Å². The summed E-state index contributed by atoms with van der Waals surface area (Å²) in [5, 5.41) is 110. The summed E-state index contributed by atoms with van der Waals surface area (Å²) in [5.41, 5.74) is -6.14. The minimum Gasteiger partial charge on any atom is -0.394 e. The third kappa shape index (κ3) is 6.79. The van der Waals surface area contributed by atoms with Crippen LogP contribution in [-0.4, -0.2) is 180 Å². The summed E-state index contributed by atoms with van der Waals surface area (Å²) >= 11 is 0.